The summed E-state index contributed by atoms with van der Waals surface area (Å²) in [4.78, 5) is 18.9. The third-order valence-corrected chi connectivity index (χ3v) is 6.09. The maximum absolute atomic E-state index is 13.3. The Balaban J connectivity index is 1.99. The molecule has 4 rings (SSSR count). The van der Waals surface area contributed by atoms with Crippen molar-refractivity contribution in [2.24, 2.45) is 0 Å². The van der Waals surface area contributed by atoms with Gasteiger partial charge in [0.25, 0.3) is 5.56 Å². The Labute approximate surface area is 143 Å². The van der Waals surface area contributed by atoms with Crippen molar-refractivity contribution in [1.29, 1.82) is 0 Å². The van der Waals surface area contributed by atoms with Crippen LogP contribution in [0, 0.1) is 0 Å². The standard InChI is InChI=1S/C18H18N2OS2/c1-22-18-19-16-15(17(21)20(18)13-9-5-6-10-13)14(11-23-16)12-7-3-2-4-8-12/h2-4,7-8,11,13H,5-6,9-10H2,1H3. The van der Waals surface area contributed by atoms with Crippen LogP contribution in [0.1, 0.15) is 31.7 Å². The van der Waals surface area contributed by atoms with Crippen molar-refractivity contribution >= 4 is 33.3 Å². The normalized spacial score (nSPS) is 15.5. The summed E-state index contributed by atoms with van der Waals surface area (Å²) < 4.78 is 1.96. The van der Waals surface area contributed by atoms with Crippen LogP contribution in [-0.4, -0.2) is 15.8 Å². The summed E-state index contributed by atoms with van der Waals surface area (Å²) in [6.07, 6.45) is 6.60. The van der Waals surface area contributed by atoms with E-state index >= 15 is 0 Å². The summed E-state index contributed by atoms with van der Waals surface area (Å²) in [5.41, 5.74) is 2.24. The predicted octanol–water partition coefficient (Wildman–Crippen LogP) is 4.96. The number of nitrogens with zero attached hydrogens (tertiary/aromatic N) is 2. The van der Waals surface area contributed by atoms with Crippen LogP contribution in [0.5, 0.6) is 0 Å². The van der Waals surface area contributed by atoms with E-state index in [0.717, 1.165) is 39.3 Å². The maximum atomic E-state index is 13.3. The molecular weight excluding hydrogens is 324 g/mol. The van der Waals surface area contributed by atoms with E-state index in [1.165, 1.54) is 12.8 Å². The van der Waals surface area contributed by atoms with Gasteiger partial charge in [0.15, 0.2) is 5.16 Å². The Morgan fingerprint density at radius 3 is 2.65 bits per heavy atom. The lowest BCUT2D eigenvalue weighted by atomic mass is 10.1. The van der Waals surface area contributed by atoms with E-state index in [0.29, 0.717) is 6.04 Å². The average Bonchev–Trinajstić information content (AvgIpc) is 3.25. The molecule has 23 heavy (non-hydrogen) atoms. The van der Waals surface area contributed by atoms with E-state index < -0.39 is 0 Å². The molecule has 3 nitrogen and oxygen atoms in total. The topological polar surface area (TPSA) is 34.9 Å². The van der Waals surface area contributed by atoms with Crippen LogP contribution < -0.4 is 5.56 Å². The molecule has 0 N–H and O–H groups in total. The third kappa shape index (κ3) is 2.52. The van der Waals surface area contributed by atoms with Crippen LogP contribution in [0.2, 0.25) is 0 Å². The first-order chi connectivity index (χ1) is 11.3. The van der Waals surface area contributed by atoms with Gasteiger partial charge in [-0.25, -0.2) is 4.98 Å². The fourth-order valence-corrected chi connectivity index (χ4v) is 5.05. The van der Waals surface area contributed by atoms with Gasteiger partial charge in [-0.1, -0.05) is 54.9 Å². The molecule has 0 unspecified atom stereocenters. The minimum Gasteiger partial charge on any atom is -0.284 e. The second-order valence-corrected chi connectivity index (χ2v) is 7.54. The van der Waals surface area contributed by atoms with Gasteiger partial charge in [0.2, 0.25) is 0 Å². The smallest absolute Gasteiger partial charge is 0.263 e. The van der Waals surface area contributed by atoms with Gasteiger partial charge < -0.3 is 0 Å². The molecule has 0 radical (unpaired) electrons. The highest BCUT2D eigenvalue weighted by atomic mass is 32.2. The molecule has 0 amide bonds. The van der Waals surface area contributed by atoms with Gasteiger partial charge in [0.05, 0.1) is 5.39 Å². The van der Waals surface area contributed by atoms with E-state index in [4.69, 9.17) is 4.98 Å². The molecule has 0 bridgehead atoms. The van der Waals surface area contributed by atoms with Crippen molar-refractivity contribution < 1.29 is 0 Å². The number of hydrogen-bond donors (Lipinski definition) is 0. The van der Waals surface area contributed by atoms with E-state index in [1.54, 1.807) is 23.1 Å². The van der Waals surface area contributed by atoms with Crippen LogP contribution >= 0.6 is 23.1 Å². The molecular formula is C18H18N2OS2. The number of rotatable bonds is 3. The maximum Gasteiger partial charge on any atom is 0.263 e. The zero-order valence-corrected chi connectivity index (χ0v) is 14.6. The van der Waals surface area contributed by atoms with Gasteiger partial charge in [-0.3, -0.25) is 9.36 Å². The van der Waals surface area contributed by atoms with Crippen molar-refractivity contribution in [3.63, 3.8) is 0 Å². The van der Waals surface area contributed by atoms with E-state index in [1.807, 2.05) is 29.0 Å². The van der Waals surface area contributed by atoms with Crippen LogP contribution in [0.25, 0.3) is 21.3 Å². The molecule has 0 atom stereocenters. The van der Waals surface area contributed by atoms with Crippen molar-refractivity contribution in [2.75, 3.05) is 6.26 Å². The molecule has 0 aliphatic heterocycles. The van der Waals surface area contributed by atoms with Crippen LogP contribution in [0.15, 0.2) is 45.7 Å². The number of hydrogen-bond acceptors (Lipinski definition) is 4. The SMILES string of the molecule is CSc1nc2scc(-c3ccccc3)c2c(=O)n1C1CCCC1. The highest BCUT2D eigenvalue weighted by molar-refractivity contribution is 7.98. The Bertz CT molecular complexity index is 893. The van der Waals surface area contributed by atoms with Crippen molar-refractivity contribution in [2.45, 2.75) is 36.9 Å². The Hall–Kier alpha value is -1.59. The number of thiophene rings is 1. The summed E-state index contributed by atoms with van der Waals surface area (Å²) in [5, 5.41) is 3.71. The van der Waals surface area contributed by atoms with E-state index in [2.05, 4.69) is 17.5 Å². The molecule has 1 aliphatic rings. The van der Waals surface area contributed by atoms with Crippen LogP contribution in [0.4, 0.5) is 0 Å². The second kappa shape index (κ2) is 6.13. The molecule has 1 aliphatic carbocycles. The molecule has 1 fully saturated rings. The second-order valence-electron chi connectivity index (χ2n) is 5.91. The molecule has 0 spiro atoms. The molecule has 1 aromatic carbocycles. The number of fused-ring (bicyclic) bond motifs is 1. The minimum atomic E-state index is 0.131. The summed E-state index contributed by atoms with van der Waals surface area (Å²) >= 11 is 3.14. The number of thioether (sulfide) groups is 1. The summed E-state index contributed by atoms with van der Waals surface area (Å²) in [6, 6.07) is 10.5. The zero-order valence-electron chi connectivity index (χ0n) is 13.0. The van der Waals surface area contributed by atoms with Crippen molar-refractivity contribution in [3.8, 4) is 11.1 Å². The fourth-order valence-electron chi connectivity index (χ4n) is 3.44. The van der Waals surface area contributed by atoms with E-state index in [-0.39, 0.29) is 5.56 Å². The van der Waals surface area contributed by atoms with Crippen LogP contribution in [-0.2, 0) is 0 Å². The quantitative estimate of drug-likeness (QED) is 0.498. The molecule has 1 saturated carbocycles. The first kappa shape index (κ1) is 15.0. The summed E-state index contributed by atoms with van der Waals surface area (Å²) in [5.74, 6) is 0. The van der Waals surface area contributed by atoms with Gasteiger partial charge in [-0.15, -0.1) is 11.3 Å². The highest BCUT2D eigenvalue weighted by Gasteiger charge is 2.24. The monoisotopic (exact) mass is 342 g/mol. The third-order valence-electron chi connectivity index (χ3n) is 4.56. The highest BCUT2D eigenvalue weighted by Crippen LogP contribution is 2.35. The van der Waals surface area contributed by atoms with Gasteiger partial charge in [0.1, 0.15) is 4.83 Å². The number of aromatic nitrogens is 2. The van der Waals surface area contributed by atoms with Gasteiger partial charge >= 0.3 is 0 Å². The summed E-state index contributed by atoms with van der Waals surface area (Å²) in [7, 11) is 0. The largest absolute Gasteiger partial charge is 0.284 e. The molecule has 0 saturated heterocycles. The first-order valence-corrected chi connectivity index (χ1v) is 10.0. The predicted molar refractivity (Wildman–Crippen MR) is 98.6 cm³/mol. The summed E-state index contributed by atoms with van der Waals surface area (Å²) in [6.45, 7) is 0. The lowest BCUT2D eigenvalue weighted by molar-refractivity contribution is 0.458. The molecule has 3 aromatic rings. The van der Waals surface area contributed by atoms with Crippen molar-refractivity contribution in [3.05, 3.63) is 46.1 Å². The first-order valence-electron chi connectivity index (χ1n) is 7.92. The van der Waals surface area contributed by atoms with Gasteiger partial charge in [0, 0.05) is 17.0 Å². The molecule has 5 heteroatoms. The van der Waals surface area contributed by atoms with Crippen LogP contribution in [0.3, 0.4) is 0 Å². The molecule has 2 aromatic heterocycles. The minimum absolute atomic E-state index is 0.131. The average molecular weight is 342 g/mol. The lowest BCUT2D eigenvalue weighted by Crippen LogP contribution is -2.26. The Morgan fingerprint density at radius 2 is 1.96 bits per heavy atom. The van der Waals surface area contributed by atoms with Gasteiger partial charge in [-0.2, -0.15) is 0 Å². The molecule has 118 valence electrons. The fraction of sp³-hybridized carbons (Fsp3) is 0.333. The van der Waals surface area contributed by atoms with Gasteiger partial charge in [-0.05, 0) is 24.7 Å². The Morgan fingerprint density at radius 1 is 1.22 bits per heavy atom. The zero-order chi connectivity index (χ0) is 15.8. The Kier molecular flexibility index (Phi) is 3.99. The number of benzene rings is 1. The van der Waals surface area contributed by atoms with E-state index in [9.17, 15) is 4.79 Å². The molecule has 2 heterocycles. The van der Waals surface area contributed by atoms with Crippen molar-refractivity contribution in [1.82, 2.24) is 9.55 Å². The lowest BCUT2D eigenvalue weighted by Gasteiger charge is -2.17.